The molecule has 3 heterocycles. The first-order chi connectivity index (χ1) is 6.34. The number of hydrogen-bond acceptors (Lipinski definition) is 0. The monoisotopic (exact) mass is 208 g/mol. The molecule has 0 amide bonds. The van der Waals surface area contributed by atoms with E-state index in [4.69, 9.17) is 0 Å². The van der Waals surface area contributed by atoms with Gasteiger partial charge in [0.15, 0.2) is 0 Å². The highest BCUT2D eigenvalue weighted by Crippen LogP contribution is 2.89. The third-order valence-corrected chi connectivity index (χ3v) is 11.4. The summed E-state index contributed by atoms with van der Waals surface area (Å²) in [7, 11) is -1.23. The van der Waals surface area contributed by atoms with E-state index in [9.17, 15) is 0 Å². The van der Waals surface area contributed by atoms with E-state index in [0.29, 0.717) is 10.2 Å². The average Bonchev–Trinajstić information content (AvgIpc) is 2.42. The van der Waals surface area contributed by atoms with Crippen LogP contribution in [0.25, 0.3) is 0 Å². The third kappa shape index (κ3) is 0.589. The number of rotatable bonds is 0. The van der Waals surface area contributed by atoms with Crippen molar-refractivity contribution in [2.24, 2.45) is 5.41 Å². The highest BCUT2D eigenvalue weighted by atomic mass is 32.3. The molecule has 0 saturated carbocycles. The van der Waals surface area contributed by atoms with Crippen molar-refractivity contribution in [2.75, 3.05) is 12.0 Å². The van der Waals surface area contributed by atoms with Gasteiger partial charge in [-0.25, -0.2) is 8.75 Å². The van der Waals surface area contributed by atoms with Crippen LogP contribution in [0.15, 0.2) is 24.3 Å². The minimum absolute atomic E-state index is 0.370. The molecule has 2 unspecified atom stereocenters. The van der Waals surface area contributed by atoms with E-state index in [1.54, 1.807) is 0 Å². The topological polar surface area (TPSA) is 0 Å². The second-order valence-electron chi connectivity index (χ2n) is 6.42. The minimum atomic E-state index is -1.23. The van der Waals surface area contributed by atoms with Crippen LogP contribution >= 0.6 is 8.75 Å². The first-order valence-electron chi connectivity index (χ1n) is 5.44. The predicted octanol–water partition coefficient (Wildman–Crippen LogP) is 3.07. The molecule has 0 nitrogen and oxygen atoms in total. The van der Waals surface area contributed by atoms with Gasteiger partial charge in [-0.3, -0.25) is 0 Å². The average molecular weight is 208 g/mol. The molecule has 1 spiro atoms. The maximum Gasteiger partial charge on any atom is 0.0392 e. The van der Waals surface area contributed by atoms with E-state index in [-0.39, 0.29) is 0 Å². The molecule has 0 aromatic heterocycles. The van der Waals surface area contributed by atoms with Crippen LogP contribution in [0.2, 0.25) is 0 Å². The van der Waals surface area contributed by atoms with E-state index in [1.807, 2.05) is 0 Å². The Labute approximate surface area is 87.0 Å². The molecule has 0 N–H and O–H groups in total. The summed E-state index contributed by atoms with van der Waals surface area (Å²) >= 11 is 0. The van der Waals surface area contributed by atoms with Crippen LogP contribution in [0.4, 0.5) is 0 Å². The van der Waals surface area contributed by atoms with Crippen molar-refractivity contribution in [1.29, 1.82) is 0 Å². The van der Waals surface area contributed by atoms with Gasteiger partial charge in [-0.2, -0.15) is 0 Å². The zero-order chi connectivity index (χ0) is 10.3. The van der Waals surface area contributed by atoms with E-state index in [0.717, 1.165) is 5.25 Å². The fourth-order valence-electron chi connectivity index (χ4n) is 3.80. The van der Waals surface area contributed by atoms with E-state index >= 15 is 0 Å². The second-order valence-corrected chi connectivity index (χ2v) is 11.9. The lowest BCUT2D eigenvalue weighted by molar-refractivity contribution is 0.373. The summed E-state index contributed by atoms with van der Waals surface area (Å²) in [5, 5.41) is 3.48. The Bertz CT molecular complexity index is 444. The molecule has 3 aliphatic heterocycles. The van der Waals surface area contributed by atoms with Gasteiger partial charge in [0.2, 0.25) is 0 Å². The fraction of sp³-hybridized carbons (Fsp3) is 0.615. The van der Waals surface area contributed by atoms with Crippen LogP contribution in [0.5, 0.6) is 0 Å². The van der Waals surface area contributed by atoms with Gasteiger partial charge in [0.1, 0.15) is 0 Å². The Hall–Kier alpha value is -0.300. The van der Waals surface area contributed by atoms with E-state index in [1.165, 1.54) is 5.75 Å². The highest BCUT2D eigenvalue weighted by Gasteiger charge is 2.69. The van der Waals surface area contributed by atoms with Crippen molar-refractivity contribution in [1.82, 2.24) is 0 Å². The Morgan fingerprint density at radius 3 is 2.50 bits per heavy atom. The van der Waals surface area contributed by atoms with Gasteiger partial charge in [0, 0.05) is 10.00 Å². The van der Waals surface area contributed by atoms with Crippen molar-refractivity contribution >= 4 is 14.1 Å². The molecular formula is C13H20S. The lowest BCUT2D eigenvalue weighted by Gasteiger charge is -2.50. The fourth-order valence-corrected chi connectivity index (χ4v) is 10.6. The van der Waals surface area contributed by atoms with Crippen LogP contribution in [-0.2, 0) is 0 Å². The molecule has 0 aliphatic carbocycles. The Balaban J connectivity index is 2.32. The van der Waals surface area contributed by atoms with Crippen LogP contribution in [-0.4, -0.2) is 27.4 Å². The largest absolute Gasteiger partial charge is 0.227 e. The van der Waals surface area contributed by atoms with Gasteiger partial charge in [-0.05, 0) is 17.4 Å². The minimum Gasteiger partial charge on any atom is -0.227 e. The number of hydrogen-bond donors (Lipinski definition) is 0. The quantitative estimate of drug-likeness (QED) is 0.326. The zero-order valence-electron chi connectivity index (χ0n) is 9.58. The van der Waals surface area contributed by atoms with Gasteiger partial charge in [-0.15, -0.1) is 0 Å². The summed E-state index contributed by atoms with van der Waals surface area (Å²) in [5.74, 6) is 1.46. The van der Waals surface area contributed by atoms with Crippen molar-refractivity contribution in [2.45, 2.75) is 30.8 Å². The first kappa shape index (κ1) is 8.96. The molecule has 3 aliphatic rings. The van der Waals surface area contributed by atoms with Gasteiger partial charge in [0.25, 0.3) is 0 Å². The predicted molar refractivity (Wildman–Crippen MR) is 68.7 cm³/mol. The number of allylic oxidation sites excluding steroid dienone is 1. The Morgan fingerprint density at radius 1 is 1.29 bits per heavy atom. The van der Waals surface area contributed by atoms with Gasteiger partial charge >= 0.3 is 0 Å². The van der Waals surface area contributed by atoms with E-state index in [2.05, 4.69) is 56.7 Å². The van der Waals surface area contributed by atoms with Crippen molar-refractivity contribution in [3.8, 4) is 0 Å². The molecule has 1 saturated heterocycles. The van der Waals surface area contributed by atoms with Crippen LogP contribution < -0.4 is 0 Å². The van der Waals surface area contributed by atoms with Crippen molar-refractivity contribution < 1.29 is 0 Å². The molecule has 0 radical (unpaired) electrons. The standard InChI is InChI=1S/C13H20S/c1-12(2,3)13-7-5-9-14(13,4)10-11(14)6-8-13/h5-9,11H,10H2,1-4H3. The molecule has 0 aromatic rings. The third-order valence-electron chi connectivity index (χ3n) is 4.83. The summed E-state index contributed by atoms with van der Waals surface area (Å²) < 4.78 is 0.384. The summed E-state index contributed by atoms with van der Waals surface area (Å²) in [4.78, 5) is 0. The molecule has 0 bridgehead atoms. The second kappa shape index (κ2) is 1.84. The normalized spacial score (nSPS) is 47.4. The maximum absolute atomic E-state index is 2.58. The van der Waals surface area contributed by atoms with Crippen molar-refractivity contribution in [3.05, 3.63) is 24.3 Å². The Kier molecular flexibility index (Phi) is 1.18. The molecule has 14 heavy (non-hydrogen) atoms. The Morgan fingerprint density at radius 2 is 2.00 bits per heavy atom. The van der Waals surface area contributed by atoms with Gasteiger partial charge < -0.3 is 0 Å². The molecule has 1 heteroatoms. The van der Waals surface area contributed by atoms with Gasteiger partial charge in [0.05, 0.1) is 0 Å². The van der Waals surface area contributed by atoms with E-state index < -0.39 is 8.75 Å². The molecule has 78 valence electrons. The SMILES string of the molecule is CC(C)(C)C12C=CC=S13(C)CC3C=C2. The lowest BCUT2D eigenvalue weighted by Crippen LogP contribution is -2.40. The summed E-state index contributed by atoms with van der Waals surface area (Å²) in [6.45, 7) is 7.19. The maximum atomic E-state index is 2.58. The van der Waals surface area contributed by atoms with Crippen LogP contribution in [0.3, 0.4) is 0 Å². The lowest BCUT2D eigenvalue weighted by atomic mass is 9.79. The molecular weight excluding hydrogens is 188 g/mol. The van der Waals surface area contributed by atoms with Gasteiger partial charge in [-0.1, -0.05) is 50.4 Å². The smallest absolute Gasteiger partial charge is 0.0392 e. The first-order valence-corrected chi connectivity index (χ1v) is 8.19. The molecule has 0 aromatic carbocycles. The highest BCUT2D eigenvalue weighted by molar-refractivity contribution is 8.54. The van der Waals surface area contributed by atoms with Crippen LogP contribution in [0, 0.1) is 5.41 Å². The van der Waals surface area contributed by atoms with Crippen LogP contribution in [0.1, 0.15) is 20.8 Å². The molecule has 1 fully saturated rings. The summed E-state index contributed by atoms with van der Waals surface area (Å²) in [5.41, 5.74) is 0.370. The molecule has 2 atom stereocenters. The summed E-state index contributed by atoms with van der Waals surface area (Å²) in [6.07, 6.45) is 12.4. The summed E-state index contributed by atoms with van der Waals surface area (Å²) in [6, 6.07) is 0. The van der Waals surface area contributed by atoms with Crippen molar-refractivity contribution in [3.63, 3.8) is 0 Å². The zero-order valence-corrected chi connectivity index (χ0v) is 10.4. The molecule has 3 rings (SSSR count).